The lowest BCUT2D eigenvalue weighted by Gasteiger charge is -2.39. The van der Waals surface area contributed by atoms with Crippen molar-refractivity contribution in [3.8, 4) is 0 Å². The highest BCUT2D eigenvalue weighted by atomic mass is 16.7. The summed E-state index contributed by atoms with van der Waals surface area (Å²) in [7, 11) is 0. The van der Waals surface area contributed by atoms with Gasteiger partial charge in [-0.05, 0) is 38.0 Å². The second kappa shape index (κ2) is 7.92. The molecule has 3 fully saturated rings. The molecule has 1 aromatic rings. The summed E-state index contributed by atoms with van der Waals surface area (Å²) in [4.78, 5) is 12.7. The molecule has 0 bridgehead atoms. The molecule has 0 amide bonds. The van der Waals surface area contributed by atoms with Crippen molar-refractivity contribution < 1.29 is 19.0 Å². The van der Waals surface area contributed by atoms with Crippen LogP contribution in [0.15, 0.2) is 6.20 Å². The Balaban J connectivity index is 1.36. The van der Waals surface area contributed by atoms with Gasteiger partial charge < -0.3 is 14.2 Å². The van der Waals surface area contributed by atoms with E-state index in [0.717, 1.165) is 50.8 Å². The molecule has 0 N–H and O–H groups in total. The van der Waals surface area contributed by atoms with Gasteiger partial charge in [0.25, 0.3) is 0 Å². The van der Waals surface area contributed by atoms with Crippen molar-refractivity contribution in [3.05, 3.63) is 17.5 Å². The highest BCUT2D eigenvalue weighted by Crippen LogP contribution is 2.43. The van der Waals surface area contributed by atoms with Crippen LogP contribution in [0.25, 0.3) is 0 Å². The maximum Gasteiger partial charge on any atom is 0.341 e. The number of carbonyl (C=O) groups excluding carboxylic acids is 1. The molecule has 2 heterocycles. The van der Waals surface area contributed by atoms with Crippen molar-refractivity contribution >= 4 is 5.97 Å². The molecule has 1 atom stereocenters. The summed E-state index contributed by atoms with van der Waals surface area (Å²) in [6.45, 7) is 6.95. The van der Waals surface area contributed by atoms with Crippen molar-refractivity contribution in [1.82, 2.24) is 9.78 Å². The first-order valence-corrected chi connectivity index (χ1v) is 10.6. The lowest BCUT2D eigenvalue weighted by atomic mass is 9.81. The van der Waals surface area contributed by atoms with Gasteiger partial charge in [-0.1, -0.05) is 20.3 Å². The maximum absolute atomic E-state index is 12.7. The standard InChI is InChI=1S/C21H32N2O4/c1-15(2)14-23-19(16-6-7-16)18(13-22-23)20(24)25-10-8-17-5-3-4-9-21(17)26-11-12-27-21/h13,15-17H,3-12,14H2,1-2H3/t17-/m0/s1. The zero-order valence-electron chi connectivity index (χ0n) is 16.6. The summed E-state index contributed by atoms with van der Waals surface area (Å²) in [6.07, 6.45) is 9.16. The van der Waals surface area contributed by atoms with Gasteiger partial charge in [0.05, 0.1) is 31.7 Å². The molecule has 0 radical (unpaired) electrons. The number of nitrogens with zero attached hydrogens (tertiary/aromatic N) is 2. The number of carbonyl (C=O) groups is 1. The summed E-state index contributed by atoms with van der Waals surface area (Å²) < 4.78 is 19.6. The minimum absolute atomic E-state index is 0.231. The molecule has 27 heavy (non-hydrogen) atoms. The summed E-state index contributed by atoms with van der Waals surface area (Å²) in [5.41, 5.74) is 1.73. The first-order chi connectivity index (χ1) is 13.1. The quantitative estimate of drug-likeness (QED) is 0.676. The van der Waals surface area contributed by atoms with Gasteiger partial charge in [-0.3, -0.25) is 4.68 Å². The van der Waals surface area contributed by atoms with Crippen LogP contribution in [0.1, 0.15) is 80.8 Å². The third-order valence-corrected chi connectivity index (χ3v) is 6.03. The molecule has 6 nitrogen and oxygen atoms in total. The molecule has 3 aliphatic rings. The zero-order valence-corrected chi connectivity index (χ0v) is 16.6. The number of hydrogen-bond acceptors (Lipinski definition) is 5. The van der Waals surface area contributed by atoms with E-state index < -0.39 is 5.79 Å². The molecule has 2 aliphatic carbocycles. The van der Waals surface area contributed by atoms with E-state index >= 15 is 0 Å². The highest BCUT2D eigenvalue weighted by Gasteiger charge is 2.45. The van der Waals surface area contributed by atoms with E-state index in [1.54, 1.807) is 6.20 Å². The number of aromatic nitrogens is 2. The Morgan fingerprint density at radius 1 is 1.30 bits per heavy atom. The molecule has 1 spiro atoms. The Kier molecular flexibility index (Phi) is 5.55. The largest absolute Gasteiger partial charge is 0.462 e. The minimum Gasteiger partial charge on any atom is -0.462 e. The van der Waals surface area contributed by atoms with Crippen LogP contribution in [0, 0.1) is 11.8 Å². The van der Waals surface area contributed by atoms with Crippen LogP contribution in [-0.2, 0) is 20.8 Å². The summed E-state index contributed by atoms with van der Waals surface area (Å²) in [5, 5.41) is 4.47. The zero-order chi connectivity index (χ0) is 18.9. The smallest absolute Gasteiger partial charge is 0.341 e. The first-order valence-electron chi connectivity index (χ1n) is 10.6. The van der Waals surface area contributed by atoms with Crippen LogP contribution in [-0.4, -0.2) is 41.4 Å². The lowest BCUT2D eigenvalue weighted by Crippen LogP contribution is -2.42. The molecular formula is C21H32N2O4. The lowest BCUT2D eigenvalue weighted by molar-refractivity contribution is -0.215. The number of ether oxygens (including phenoxy) is 3. The average Bonchev–Trinajstić information content (AvgIpc) is 3.23. The Morgan fingerprint density at radius 2 is 2.07 bits per heavy atom. The van der Waals surface area contributed by atoms with E-state index in [4.69, 9.17) is 14.2 Å². The Labute approximate surface area is 161 Å². The highest BCUT2D eigenvalue weighted by molar-refractivity contribution is 5.90. The Bertz CT molecular complexity index is 659. The van der Waals surface area contributed by atoms with Crippen molar-refractivity contribution in [2.24, 2.45) is 11.8 Å². The topological polar surface area (TPSA) is 62.6 Å². The molecular weight excluding hydrogens is 344 g/mol. The van der Waals surface area contributed by atoms with Gasteiger partial charge in [-0.2, -0.15) is 5.10 Å². The molecule has 150 valence electrons. The van der Waals surface area contributed by atoms with Crippen LogP contribution in [0.3, 0.4) is 0 Å². The minimum atomic E-state index is -0.425. The number of hydrogen-bond donors (Lipinski definition) is 0. The third kappa shape index (κ3) is 4.06. The van der Waals surface area contributed by atoms with Gasteiger partial charge >= 0.3 is 5.97 Å². The van der Waals surface area contributed by atoms with Crippen molar-refractivity contribution in [1.29, 1.82) is 0 Å². The van der Waals surface area contributed by atoms with Crippen LogP contribution in [0.5, 0.6) is 0 Å². The van der Waals surface area contributed by atoms with E-state index in [0.29, 0.717) is 43.1 Å². The molecule has 6 heteroatoms. The van der Waals surface area contributed by atoms with Gasteiger partial charge in [-0.15, -0.1) is 0 Å². The third-order valence-electron chi connectivity index (χ3n) is 6.03. The van der Waals surface area contributed by atoms with E-state index in [9.17, 15) is 4.79 Å². The first kappa shape index (κ1) is 18.9. The summed E-state index contributed by atoms with van der Waals surface area (Å²) in [5.74, 6) is 0.625. The Hall–Kier alpha value is -1.40. The van der Waals surface area contributed by atoms with Gasteiger partial charge in [0.1, 0.15) is 5.56 Å². The average molecular weight is 376 g/mol. The molecule has 0 aromatic carbocycles. The van der Waals surface area contributed by atoms with Crippen molar-refractivity contribution in [2.45, 2.75) is 77.0 Å². The second-order valence-electron chi connectivity index (χ2n) is 8.67. The predicted octanol–water partition coefficient (Wildman–Crippen LogP) is 3.90. The monoisotopic (exact) mass is 376 g/mol. The van der Waals surface area contributed by atoms with Gasteiger partial charge in [0.15, 0.2) is 5.79 Å². The summed E-state index contributed by atoms with van der Waals surface area (Å²) in [6, 6.07) is 0. The predicted molar refractivity (Wildman–Crippen MR) is 101 cm³/mol. The van der Waals surface area contributed by atoms with E-state index in [-0.39, 0.29) is 5.97 Å². The summed E-state index contributed by atoms with van der Waals surface area (Å²) >= 11 is 0. The van der Waals surface area contributed by atoms with Crippen molar-refractivity contribution in [2.75, 3.05) is 19.8 Å². The van der Waals surface area contributed by atoms with Gasteiger partial charge in [0, 0.05) is 24.8 Å². The molecule has 4 rings (SSSR count). The fourth-order valence-corrected chi connectivity index (χ4v) is 4.60. The van der Waals surface area contributed by atoms with Crippen molar-refractivity contribution in [3.63, 3.8) is 0 Å². The SMILES string of the molecule is CC(C)Cn1ncc(C(=O)OCC[C@@H]2CCCCC23OCCO3)c1C1CC1. The Morgan fingerprint density at radius 3 is 2.78 bits per heavy atom. The van der Waals surface area contributed by atoms with Gasteiger partial charge in [0.2, 0.25) is 0 Å². The molecule has 1 aromatic heterocycles. The van der Waals surface area contributed by atoms with Crippen LogP contribution in [0.4, 0.5) is 0 Å². The van der Waals surface area contributed by atoms with Crippen LogP contribution < -0.4 is 0 Å². The van der Waals surface area contributed by atoms with Crippen LogP contribution in [0.2, 0.25) is 0 Å². The normalized spacial score (nSPS) is 24.6. The molecule has 2 saturated carbocycles. The van der Waals surface area contributed by atoms with Gasteiger partial charge in [-0.25, -0.2) is 4.79 Å². The van der Waals surface area contributed by atoms with E-state index in [1.807, 2.05) is 4.68 Å². The maximum atomic E-state index is 12.7. The number of esters is 1. The fraction of sp³-hybridized carbons (Fsp3) is 0.810. The number of rotatable bonds is 7. The van der Waals surface area contributed by atoms with E-state index in [1.165, 1.54) is 6.42 Å². The molecule has 0 unspecified atom stereocenters. The fourth-order valence-electron chi connectivity index (χ4n) is 4.60. The second-order valence-corrected chi connectivity index (χ2v) is 8.67. The molecule has 1 aliphatic heterocycles. The van der Waals surface area contributed by atoms with E-state index in [2.05, 4.69) is 18.9 Å². The van der Waals surface area contributed by atoms with Crippen LogP contribution >= 0.6 is 0 Å². The molecule has 1 saturated heterocycles.